The fourth-order valence-electron chi connectivity index (χ4n) is 3.89. The molecule has 1 amide bonds. The number of thioether (sulfide) groups is 1. The Kier molecular flexibility index (Phi) is 6.00. The molecule has 2 N–H and O–H groups in total. The summed E-state index contributed by atoms with van der Waals surface area (Å²) >= 11 is 1.13. The number of carbonyl (C=O) groups excluding carboxylic acids is 1. The van der Waals surface area contributed by atoms with Crippen LogP contribution in [0.1, 0.15) is 5.56 Å². The van der Waals surface area contributed by atoms with Crippen molar-refractivity contribution in [3.05, 3.63) is 88.5 Å². The summed E-state index contributed by atoms with van der Waals surface area (Å²) in [6.07, 6.45) is 0. The standard InChI is InChI=1S/C26H21FN4O3S/c1-15-7-12-21(34-2)20(13-15)31-25(33)24-23(18-5-3-4-6-19(18)29-24)30-26(31)35-14-22(32)28-17-10-8-16(27)9-11-17/h3-13,29H,14H2,1-2H3,(H,28,32). The molecule has 7 nitrogen and oxygen atoms in total. The minimum atomic E-state index is -0.385. The molecule has 3 aromatic carbocycles. The number of aryl methyl sites for hydroxylation is 1. The van der Waals surface area contributed by atoms with E-state index in [0.29, 0.717) is 33.3 Å². The lowest BCUT2D eigenvalue weighted by Crippen LogP contribution is -2.23. The second-order valence-electron chi connectivity index (χ2n) is 7.95. The lowest BCUT2D eigenvalue weighted by atomic mass is 10.2. The summed E-state index contributed by atoms with van der Waals surface area (Å²) in [6, 6.07) is 18.6. The second kappa shape index (κ2) is 9.27. The maximum Gasteiger partial charge on any atom is 0.283 e. The van der Waals surface area contributed by atoms with Gasteiger partial charge in [-0.25, -0.2) is 13.9 Å². The summed E-state index contributed by atoms with van der Waals surface area (Å²) in [5.41, 5.74) is 3.36. The zero-order valence-corrected chi connectivity index (χ0v) is 19.8. The molecule has 0 bridgehead atoms. The van der Waals surface area contributed by atoms with Crippen LogP contribution in [-0.4, -0.2) is 33.3 Å². The summed E-state index contributed by atoms with van der Waals surface area (Å²) in [6.45, 7) is 1.92. The molecule has 0 unspecified atom stereocenters. The number of nitrogens with zero attached hydrogens (tertiary/aromatic N) is 2. The largest absolute Gasteiger partial charge is 0.495 e. The third kappa shape index (κ3) is 4.38. The van der Waals surface area contributed by atoms with E-state index in [1.54, 1.807) is 6.07 Å². The Morgan fingerprint density at radius 3 is 2.69 bits per heavy atom. The number of halogens is 1. The molecule has 176 valence electrons. The van der Waals surface area contributed by atoms with E-state index in [1.807, 2.05) is 43.3 Å². The number of amides is 1. The normalized spacial score (nSPS) is 11.2. The van der Waals surface area contributed by atoms with E-state index < -0.39 is 0 Å². The van der Waals surface area contributed by atoms with Gasteiger partial charge in [-0.15, -0.1) is 0 Å². The molecule has 0 atom stereocenters. The molecule has 9 heteroatoms. The Morgan fingerprint density at radius 1 is 1.14 bits per heavy atom. The Labute approximate surface area is 204 Å². The van der Waals surface area contributed by atoms with E-state index in [0.717, 1.165) is 28.2 Å². The van der Waals surface area contributed by atoms with Crippen molar-refractivity contribution in [2.75, 3.05) is 18.2 Å². The fraction of sp³-hybridized carbons (Fsp3) is 0.115. The monoisotopic (exact) mass is 488 g/mol. The van der Waals surface area contributed by atoms with E-state index in [4.69, 9.17) is 9.72 Å². The van der Waals surface area contributed by atoms with Crippen molar-refractivity contribution < 1.29 is 13.9 Å². The van der Waals surface area contributed by atoms with Crippen molar-refractivity contribution >= 4 is 45.3 Å². The van der Waals surface area contributed by atoms with Crippen LogP contribution in [0, 0.1) is 12.7 Å². The SMILES string of the molecule is COc1ccc(C)cc1-n1c(SCC(=O)Nc2ccc(F)cc2)nc2c([nH]c3ccccc32)c1=O. The van der Waals surface area contributed by atoms with Gasteiger partial charge in [0, 0.05) is 16.6 Å². The Morgan fingerprint density at radius 2 is 1.91 bits per heavy atom. The molecule has 0 aliphatic rings. The van der Waals surface area contributed by atoms with E-state index in [1.165, 1.54) is 35.9 Å². The second-order valence-corrected chi connectivity index (χ2v) is 8.89. The van der Waals surface area contributed by atoms with Gasteiger partial charge in [0.1, 0.15) is 22.6 Å². The average Bonchev–Trinajstić information content (AvgIpc) is 3.23. The average molecular weight is 489 g/mol. The minimum Gasteiger partial charge on any atom is -0.495 e. The molecule has 35 heavy (non-hydrogen) atoms. The van der Waals surface area contributed by atoms with E-state index in [9.17, 15) is 14.0 Å². The van der Waals surface area contributed by atoms with Gasteiger partial charge in [-0.3, -0.25) is 9.59 Å². The number of para-hydroxylation sites is 1. The molecule has 2 aromatic heterocycles. The minimum absolute atomic E-state index is 0.00813. The van der Waals surface area contributed by atoms with Crippen molar-refractivity contribution in [2.24, 2.45) is 0 Å². The van der Waals surface area contributed by atoms with Crippen LogP contribution in [0.2, 0.25) is 0 Å². The zero-order valence-electron chi connectivity index (χ0n) is 19.0. The molecule has 0 aliphatic carbocycles. The first-order valence-corrected chi connectivity index (χ1v) is 11.8. The number of carbonyl (C=O) groups is 1. The summed E-state index contributed by atoms with van der Waals surface area (Å²) in [5.74, 6) is -0.193. The molecule has 0 spiro atoms. The summed E-state index contributed by atoms with van der Waals surface area (Å²) in [7, 11) is 1.54. The van der Waals surface area contributed by atoms with Gasteiger partial charge in [-0.2, -0.15) is 0 Å². The van der Waals surface area contributed by atoms with Gasteiger partial charge in [-0.05, 0) is 55.0 Å². The first-order valence-electron chi connectivity index (χ1n) is 10.8. The maximum atomic E-state index is 13.8. The molecule has 0 saturated carbocycles. The number of hydrogen-bond donors (Lipinski definition) is 2. The number of nitrogens with one attached hydrogen (secondary N) is 2. The van der Waals surface area contributed by atoms with E-state index in [2.05, 4.69) is 10.3 Å². The first-order chi connectivity index (χ1) is 16.9. The fourth-order valence-corrected chi connectivity index (χ4v) is 4.69. The third-order valence-electron chi connectivity index (χ3n) is 5.53. The topological polar surface area (TPSA) is 89.0 Å². The van der Waals surface area contributed by atoms with Crippen LogP contribution in [0.15, 0.2) is 76.7 Å². The number of hydrogen-bond acceptors (Lipinski definition) is 5. The molecule has 0 fully saturated rings. The van der Waals surface area contributed by atoms with Crippen LogP contribution in [0.25, 0.3) is 27.6 Å². The highest BCUT2D eigenvalue weighted by molar-refractivity contribution is 7.99. The van der Waals surface area contributed by atoms with Crippen LogP contribution in [0.5, 0.6) is 5.75 Å². The first kappa shape index (κ1) is 22.7. The quantitative estimate of drug-likeness (QED) is 0.258. The highest BCUT2D eigenvalue weighted by Crippen LogP contribution is 2.30. The lowest BCUT2D eigenvalue weighted by molar-refractivity contribution is -0.113. The molecule has 5 rings (SSSR count). The van der Waals surface area contributed by atoms with Gasteiger partial charge < -0.3 is 15.0 Å². The highest BCUT2D eigenvalue weighted by atomic mass is 32.2. The molecule has 0 saturated heterocycles. The van der Waals surface area contributed by atoms with Crippen LogP contribution in [0.4, 0.5) is 10.1 Å². The van der Waals surface area contributed by atoms with Crippen molar-refractivity contribution in [2.45, 2.75) is 12.1 Å². The lowest BCUT2D eigenvalue weighted by Gasteiger charge is -2.15. The number of fused-ring (bicyclic) bond motifs is 3. The van der Waals surface area contributed by atoms with Gasteiger partial charge in [0.15, 0.2) is 5.16 Å². The number of ether oxygens (including phenoxy) is 1. The molecule has 0 aliphatic heterocycles. The van der Waals surface area contributed by atoms with Crippen molar-refractivity contribution in [1.82, 2.24) is 14.5 Å². The number of aromatic amines is 1. The summed E-state index contributed by atoms with van der Waals surface area (Å²) < 4.78 is 20.2. The Hall–Kier alpha value is -4.11. The van der Waals surface area contributed by atoms with Crippen LogP contribution >= 0.6 is 11.8 Å². The molecular weight excluding hydrogens is 467 g/mol. The van der Waals surface area contributed by atoms with Crippen molar-refractivity contribution in [3.63, 3.8) is 0 Å². The number of benzene rings is 3. The third-order valence-corrected chi connectivity index (χ3v) is 6.47. The summed E-state index contributed by atoms with van der Waals surface area (Å²) in [5, 5.41) is 3.91. The van der Waals surface area contributed by atoms with Gasteiger partial charge >= 0.3 is 0 Å². The predicted octanol–water partition coefficient (Wildman–Crippen LogP) is 5.05. The van der Waals surface area contributed by atoms with Crippen LogP contribution in [-0.2, 0) is 4.79 Å². The smallest absolute Gasteiger partial charge is 0.283 e. The summed E-state index contributed by atoms with van der Waals surface area (Å²) in [4.78, 5) is 34.4. The van der Waals surface area contributed by atoms with Crippen LogP contribution in [0.3, 0.4) is 0 Å². The van der Waals surface area contributed by atoms with Gasteiger partial charge in [0.25, 0.3) is 5.56 Å². The van der Waals surface area contributed by atoms with E-state index >= 15 is 0 Å². The molecule has 2 heterocycles. The molecule has 5 aromatic rings. The number of rotatable bonds is 6. The number of H-pyrrole nitrogens is 1. The van der Waals surface area contributed by atoms with Gasteiger partial charge in [0.05, 0.1) is 18.6 Å². The van der Waals surface area contributed by atoms with Gasteiger partial charge in [-0.1, -0.05) is 36.0 Å². The number of methoxy groups -OCH3 is 1. The van der Waals surface area contributed by atoms with E-state index in [-0.39, 0.29) is 23.0 Å². The van der Waals surface area contributed by atoms with Crippen molar-refractivity contribution in [3.8, 4) is 11.4 Å². The molecular formula is C26H21FN4O3S. The zero-order chi connectivity index (χ0) is 24.5. The van der Waals surface area contributed by atoms with Crippen molar-refractivity contribution in [1.29, 1.82) is 0 Å². The van der Waals surface area contributed by atoms with Gasteiger partial charge in [0.2, 0.25) is 5.91 Å². The Balaban J connectivity index is 1.60. The number of anilines is 1. The Bertz CT molecular complexity index is 1630. The number of aromatic nitrogens is 3. The molecule has 0 radical (unpaired) electrons. The maximum absolute atomic E-state index is 13.8. The predicted molar refractivity (Wildman–Crippen MR) is 136 cm³/mol. The van der Waals surface area contributed by atoms with Crippen LogP contribution < -0.4 is 15.6 Å². The highest BCUT2D eigenvalue weighted by Gasteiger charge is 2.20.